The van der Waals surface area contributed by atoms with Crippen molar-refractivity contribution in [2.75, 3.05) is 5.32 Å². The lowest BCUT2D eigenvalue weighted by molar-refractivity contribution is -0.125. The maximum atomic E-state index is 11.7. The van der Waals surface area contributed by atoms with E-state index in [0.717, 1.165) is 23.0 Å². The van der Waals surface area contributed by atoms with Crippen molar-refractivity contribution in [1.29, 1.82) is 0 Å². The average Bonchev–Trinajstić information content (AvgIpc) is 3.14. The largest absolute Gasteiger partial charge is 0.373 e. The van der Waals surface area contributed by atoms with Gasteiger partial charge < -0.3 is 16.4 Å². The van der Waals surface area contributed by atoms with Crippen molar-refractivity contribution >= 4 is 33.4 Å². The number of nitrogens with two attached hydrogens (primary N) is 1. The van der Waals surface area contributed by atoms with Crippen molar-refractivity contribution in [3.8, 4) is 0 Å². The van der Waals surface area contributed by atoms with Crippen LogP contribution in [0.4, 0.5) is 5.69 Å². The Morgan fingerprint density at radius 3 is 2.47 bits per heavy atom. The Hall–Kier alpha value is -1.56. The summed E-state index contributed by atoms with van der Waals surface area (Å²) in [5, 5.41) is 5.81. The van der Waals surface area contributed by atoms with E-state index < -0.39 is 11.9 Å². The predicted molar refractivity (Wildman–Crippen MR) is 76.5 cm³/mol. The van der Waals surface area contributed by atoms with E-state index in [1.165, 1.54) is 0 Å². The van der Waals surface area contributed by atoms with Crippen LogP contribution in [-0.4, -0.2) is 23.9 Å². The number of carbonyl (C=O) groups excluding carboxylic acids is 2. The van der Waals surface area contributed by atoms with Crippen LogP contribution in [0.1, 0.15) is 19.3 Å². The van der Waals surface area contributed by atoms with Gasteiger partial charge in [-0.25, -0.2) is 0 Å². The number of halogens is 1. The van der Waals surface area contributed by atoms with Crippen molar-refractivity contribution in [2.24, 2.45) is 5.73 Å². The van der Waals surface area contributed by atoms with Crippen LogP contribution in [0.2, 0.25) is 0 Å². The number of carbonyl (C=O) groups is 2. The van der Waals surface area contributed by atoms with Gasteiger partial charge in [0.2, 0.25) is 11.8 Å². The molecule has 1 aliphatic rings. The zero-order valence-electron chi connectivity index (χ0n) is 10.4. The summed E-state index contributed by atoms with van der Waals surface area (Å²) in [4.78, 5) is 23.1. The molecule has 1 aromatic rings. The molecule has 1 unspecified atom stereocenters. The lowest BCUT2D eigenvalue weighted by atomic mass is 10.1. The number of anilines is 1. The molecule has 0 aromatic heterocycles. The van der Waals surface area contributed by atoms with Gasteiger partial charge in [-0.2, -0.15) is 0 Å². The third-order valence-corrected chi connectivity index (χ3v) is 3.39. The number of nitrogens with one attached hydrogen (secondary N) is 2. The molecule has 2 amide bonds. The molecule has 1 atom stereocenters. The lowest BCUT2D eigenvalue weighted by Gasteiger charge is -2.16. The van der Waals surface area contributed by atoms with Gasteiger partial charge in [0.15, 0.2) is 0 Å². The molecule has 0 radical (unpaired) electrons. The van der Waals surface area contributed by atoms with Gasteiger partial charge >= 0.3 is 0 Å². The summed E-state index contributed by atoms with van der Waals surface area (Å²) >= 11 is 3.33. The third kappa shape index (κ3) is 4.55. The van der Waals surface area contributed by atoms with E-state index in [1.807, 2.05) is 24.3 Å². The Morgan fingerprint density at radius 2 is 1.95 bits per heavy atom. The Bertz CT molecular complexity index is 471. The Balaban J connectivity index is 1.93. The molecular formula is C13H16BrN3O2. The van der Waals surface area contributed by atoms with E-state index in [2.05, 4.69) is 26.6 Å². The van der Waals surface area contributed by atoms with Crippen LogP contribution >= 0.6 is 15.9 Å². The van der Waals surface area contributed by atoms with Crippen LogP contribution in [0.3, 0.4) is 0 Å². The zero-order chi connectivity index (χ0) is 13.8. The zero-order valence-corrected chi connectivity index (χ0v) is 11.9. The number of hydrogen-bond donors (Lipinski definition) is 3. The molecule has 2 rings (SSSR count). The van der Waals surface area contributed by atoms with Crippen LogP contribution in [-0.2, 0) is 9.59 Å². The van der Waals surface area contributed by atoms with Gasteiger partial charge in [-0.3, -0.25) is 9.59 Å². The second-order valence-electron chi connectivity index (χ2n) is 4.65. The van der Waals surface area contributed by atoms with Gasteiger partial charge in [0.1, 0.15) is 6.04 Å². The van der Waals surface area contributed by atoms with Gasteiger partial charge in [-0.15, -0.1) is 0 Å². The summed E-state index contributed by atoms with van der Waals surface area (Å²) in [5.74, 6) is -0.676. The van der Waals surface area contributed by atoms with Crippen molar-refractivity contribution < 1.29 is 9.59 Å². The highest BCUT2D eigenvalue weighted by Crippen LogP contribution is 2.19. The minimum absolute atomic E-state index is 0.0574. The molecule has 6 heteroatoms. The van der Waals surface area contributed by atoms with Crippen molar-refractivity contribution in [3.63, 3.8) is 0 Å². The van der Waals surface area contributed by atoms with Crippen LogP contribution < -0.4 is 16.4 Å². The molecule has 0 aliphatic heterocycles. The third-order valence-electron chi connectivity index (χ3n) is 2.86. The molecule has 102 valence electrons. The summed E-state index contributed by atoms with van der Waals surface area (Å²) in [7, 11) is 0. The number of hydrogen-bond acceptors (Lipinski definition) is 3. The maximum absolute atomic E-state index is 11.7. The van der Waals surface area contributed by atoms with Crippen molar-refractivity contribution in [3.05, 3.63) is 28.7 Å². The van der Waals surface area contributed by atoms with E-state index in [0.29, 0.717) is 0 Å². The van der Waals surface area contributed by atoms with Crippen LogP contribution in [0.25, 0.3) is 0 Å². The highest BCUT2D eigenvalue weighted by atomic mass is 79.9. The van der Waals surface area contributed by atoms with E-state index in [4.69, 9.17) is 5.73 Å². The van der Waals surface area contributed by atoms with Crippen molar-refractivity contribution in [1.82, 2.24) is 5.32 Å². The minimum Gasteiger partial charge on any atom is -0.373 e. The van der Waals surface area contributed by atoms with Crippen LogP contribution in [0.15, 0.2) is 28.7 Å². The summed E-state index contributed by atoms with van der Waals surface area (Å²) in [6, 6.07) is 6.93. The van der Waals surface area contributed by atoms with Gasteiger partial charge in [0, 0.05) is 16.2 Å². The van der Waals surface area contributed by atoms with Crippen LogP contribution in [0, 0.1) is 0 Å². The van der Waals surface area contributed by atoms with Gasteiger partial charge in [0.05, 0.1) is 6.42 Å². The van der Waals surface area contributed by atoms with E-state index in [-0.39, 0.29) is 18.4 Å². The molecular weight excluding hydrogens is 310 g/mol. The van der Waals surface area contributed by atoms with Gasteiger partial charge in [-0.1, -0.05) is 15.9 Å². The van der Waals surface area contributed by atoms with Crippen molar-refractivity contribution in [2.45, 2.75) is 31.3 Å². The van der Waals surface area contributed by atoms with E-state index >= 15 is 0 Å². The van der Waals surface area contributed by atoms with Gasteiger partial charge in [-0.05, 0) is 37.1 Å². The predicted octanol–water partition coefficient (Wildman–Crippen LogP) is 1.38. The molecule has 0 heterocycles. The first-order chi connectivity index (χ1) is 9.04. The van der Waals surface area contributed by atoms with E-state index in [9.17, 15) is 9.59 Å². The first-order valence-electron chi connectivity index (χ1n) is 6.15. The topological polar surface area (TPSA) is 84.2 Å². The maximum Gasteiger partial charge on any atom is 0.240 e. The highest BCUT2D eigenvalue weighted by Gasteiger charge is 2.26. The fraction of sp³-hybridized carbons (Fsp3) is 0.385. The second kappa shape index (κ2) is 6.06. The fourth-order valence-corrected chi connectivity index (χ4v) is 1.93. The normalized spacial score (nSPS) is 15.6. The monoisotopic (exact) mass is 325 g/mol. The number of benzene rings is 1. The fourth-order valence-electron chi connectivity index (χ4n) is 1.67. The minimum atomic E-state index is -0.695. The standard InChI is InChI=1S/C13H16BrN3O2/c14-8-1-3-9(4-2-8)16-11(13(15)19)7-12(18)17-10-5-6-10/h1-4,10-11,16H,5-7H2,(H2,15,19)(H,17,18). The summed E-state index contributed by atoms with van der Waals surface area (Å²) in [5.41, 5.74) is 6.07. The molecule has 5 nitrogen and oxygen atoms in total. The lowest BCUT2D eigenvalue weighted by Crippen LogP contribution is -2.40. The van der Waals surface area contributed by atoms with E-state index in [1.54, 1.807) is 0 Å². The Morgan fingerprint density at radius 1 is 1.32 bits per heavy atom. The summed E-state index contributed by atoms with van der Waals surface area (Å²) in [6.45, 7) is 0. The number of rotatable bonds is 6. The number of primary amides is 1. The molecule has 19 heavy (non-hydrogen) atoms. The average molecular weight is 326 g/mol. The first kappa shape index (κ1) is 13.9. The molecule has 1 fully saturated rings. The molecule has 1 saturated carbocycles. The molecule has 0 spiro atoms. The molecule has 4 N–H and O–H groups in total. The summed E-state index contributed by atoms with van der Waals surface area (Å²) in [6.07, 6.45) is 2.10. The first-order valence-corrected chi connectivity index (χ1v) is 6.94. The molecule has 0 saturated heterocycles. The van der Waals surface area contributed by atoms with Crippen LogP contribution in [0.5, 0.6) is 0 Å². The molecule has 1 aromatic carbocycles. The smallest absolute Gasteiger partial charge is 0.240 e. The highest BCUT2D eigenvalue weighted by molar-refractivity contribution is 9.10. The molecule has 0 bridgehead atoms. The Labute approximate surface area is 120 Å². The van der Waals surface area contributed by atoms with Gasteiger partial charge in [0.25, 0.3) is 0 Å². The number of amides is 2. The quantitative estimate of drug-likeness (QED) is 0.738. The Kier molecular flexibility index (Phi) is 4.42. The molecule has 1 aliphatic carbocycles. The second-order valence-corrected chi connectivity index (χ2v) is 5.57. The summed E-state index contributed by atoms with van der Waals surface area (Å²) < 4.78 is 0.945. The SMILES string of the molecule is NC(=O)C(CC(=O)NC1CC1)Nc1ccc(Br)cc1.